The first-order valence-electron chi connectivity index (χ1n) is 7.17. The second kappa shape index (κ2) is 5.61. The Balaban J connectivity index is 1.97. The van der Waals surface area contributed by atoms with Crippen molar-refractivity contribution in [2.24, 2.45) is 0 Å². The highest BCUT2D eigenvalue weighted by Gasteiger charge is 2.22. The van der Waals surface area contributed by atoms with Crippen LogP contribution in [0.15, 0.2) is 24.3 Å². The van der Waals surface area contributed by atoms with Gasteiger partial charge < -0.3 is 5.32 Å². The van der Waals surface area contributed by atoms with Crippen LogP contribution in [0.25, 0.3) is 10.1 Å². The molecule has 0 aliphatic carbocycles. The van der Waals surface area contributed by atoms with Crippen LogP contribution in [-0.2, 0) is 13.1 Å². The number of fused-ring (bicyclic) bond motifs is 1. The van der Waals surface area contributed by atoms with E-state index in [0.29, 0.717) is 0 Å². The summed E-state index contributed by atoms with van der Waals surface area (Å²) >= 11 is 1.94. The molecule has 2 aromatic rings. The molecule has 102 valence electrons. The number of rotatable bonds is 4. The summed E-state index contributed by atoms with van der Waals surface area (Å²) < 4.78 is 1.43. The average molecular weight is 274 g/mol. The first-order valence-corrected chi connectivity index (χ1v) is 7.99. The number of thiophene rings is 1. The SMILES string of the molecule is CNCc1sc2ccccc2c1CN1CCCC1C. The van der Waals surface area contributed by atoms with E-state index in [9.17, 15) is 0 Å². The Morgan fingerprint density at radius 1 is 1.37 bits per heavy atom. The maximum atomic E-state index is 3.31. The third kappa shape index (κ3) is 2.55. The zero-order valence-corrected chi connectivity index (χ0v) is 12.6. The molecule has 1 atom stereocenters. The predicted octanol–water partition coefficient (Wildman–Crippen LogP) is 3.61. The first kappa shape index (κ1) is 13.1. The Labute approximate surface area is 119 Å². The molecular formula is C16H22N2S. The Morgan fingerprint density at radius 3 is 2.95 bits per heavy atom. The van der Waals surface area contributed by atoms with E-state index in [2.05, 4.69) is 41.4 Å². The molecule has 1 unspecified atom stereocenters. The van der Waals surface area contributed by atoms with E-state index < -0.39 is 0 Å². The molecule has 1 aliphatic rings. The average Bonchev–Trinajstić information content (AvgIpc) is 2.96. The Bertz CT molecular complexity index is 561. The van der Waals surface area contributed by atoms with Crippen molar-refractivity contribution in [3.8, 4) is 0 Å². The van der Waals surface area contributed by atoms with Crippen LogP contribution in [0.2, 0.25) is 0 Å². The van der Waals surface area contributed by atoms with Crippen molar-refractivity contribution in [3.63, 3.8) is 0 Å². The lowest BCUT2D eigenvalue weighted by Crippen LogP contribution is -2.26. The molecule has 1 fully saturated rings. The fourth-order valence-electron chi connectivity index (χ4n) is 3.06. The van der Waals surface area contributed by atoms with Gasteiger partial charge in [-0.3, -0.25) is 4.90 Å². The van der Waals surface area contributed by atoms with Crippen LogP contribution >= 0.6 is 11.3 Å². The summed E-state index contributed by atoms with van der Waals surface area (Å²) in [5.74, 6) is 0. The molecule has 1 aromatic carbocycles. The highest BCUT2D eigenvalue weighted by atomic mass is 32.1. The summed E-state index contributed by atoms with van der Waals surface area (Å²) in [5, 5.41) is 4.77. The van der Waals surface area contributed by atoms with Gasteiger partial charge in [-0.05, 0) is 50.4 Å². The van der Waals surface area contributed by atoms with E-state index in [1.54, 1.807) is 5.56 Å². The van der Waals surface area contributed by atoms with Gasteiger partial charge in [0.05, 0.1) is 0 Å². The number of likely N-dealkylation sites (tertiary alicyclic amines) is 1. The molecule has 3 rings (SSSR count). The highest BCUT2D eigenvalue weighted by molar-refractivity contribution is 7.19. The fourth-order valence-corrected chi connectivity index (χ4v) is 4.28. The topological polar surface area (TPSA) is 15.3 Å². The lowest BCUT2D eigenvalue weighted by Gasteiger charge is -2.21. The smallest absolute Gasteiger partial charge is 0.0349 e. The summed E-state index contributed by atoms with van der Waals surface area (Å²) in [7, 11) is 2.03. The van der Waals surface area contributed by atoms with Gasteiger partial charge in [-0.15, -0.1) is 11.3 Å². The maximum Gasteiger partial charge on any atom is 0.0349 e. The number of hydrogen-bond donors (Lipinski definition) is 1. The second-order valence-corrected chi connectivity index (χ2v) is 6.63. The van der Waals surface area contributed by atoms with Crippen LogP contribution in [0.4, 0.5) is 0 Å². The predicted molar refractivity (Wildman–Crippen MR) is 83.7 cm³/mol. The third-order valence-electron chi connectivity index (χ3n) is 4.17. The number of benzene rings is 1. The van der Waals surface area contributed by atoms with E-state index in [4.69, 9.17) is 0 Å². The Kier molecular flexibility index (Phi) is 3.87. The molecule has 1 aliphatic heterocycles. The zero-order valence-electron chi connectivity index (χ0n) is 11.8. The molecule has 1 N–H and O–H groups in total. The van der Waals surface area contributed by atoms with Gasteiger partial charge >= 0.3 is 0 Å². The van der Waals surface area contributed by atoms with Crippen molar-refractivity contribution < 1.29 is 0 Å². The monoisotopic (exact) mass is 274 g/mol. The van der Waals surface area contributed by atoms with Crippen LogP contribution in [0, 0.1) is 0 Å². The molecule has 0 bridgehead atoms. The second-order valence-electron chi connectivity index (χ2n) is 5.49. The minimum Gasteiger partial charge on any atom is -0.315 e. The van der Waals surface area contributed by atoms with E-state index in [0.717, 1.165) is 19.1 Å². The van der Waals surface area contributed by atoms with Gasteiger partial charge in [0, 0.05) is 28.7 Å². The summed E-state index contributed by atoms with van der Waals surface area (Å²) in [4.78, 5) is 4.14. The van der Waals surface area contributed by atoms with Crippen LogP contribution in [0.5, 0.6) is 0 Å². The Hall–Kier alpha value is -0.900. The van der Waals surface area contributed by atoms with Gasteiger partial charge in [0.2, 0.25) is 0 Å². The summed E-state index contributed by atoms with van der Waals surface area (Å²) in [5.41, 5.74) is 1.55. The number of nitrogens with one attached hydrogen (secondary N) is 1. The number of hydrogen-bond acceptors (Lipinski definition) is 3. The van der Waals surface area contributed by atoms with Gasteiger partial charge in [0.25, 0.3) is 0 Å². The molecule has 0 saturated carbocycles. The molecular weight excluding hydrogens is 252 g/mol. The lowest BCUT2D eigenvalue weighted by atomic mass is 10.1. The normalized spacial score (nSPS) is 20.4. The van der Waals surface area contributed by atoms with Crippen LogP contribution < -0.4 is 5.32 Å². The minimum absolute atomic E-state index is 0.737. The third-order valence-corrected chi connectivity index (χ3v) is 5.38. The number of nitrogens with zero attached hydrogens (tertiary/aromatic N) is 1. The molecule has 19 heavy (non-hydrogen) atoms. The quantitative estimate of drug-likeness (QED) is 0.916. The molecule has 0 radical (unpaired) electrons. The molecule has 3 heteroatoms. The zero-order chi connectivity index (χ0) is 13.2. The molecule has 0 spiro atoms. The molecule has 1 aromatic heterocycles. The van der Waals surface area contributed by atoms with E-state index in [-0.39, 0.29) is 0 Å². The van der Waals surface area contributed by atoms with Crippen molar-refractivity contribution in [1.29, 1.82) is 0 Å². The highest BCUT2D eigenvalue weighted by Crippen LogP contribution is 2.33. The standard InChI is InChI=1S/C16H22N2S/c1-12-6-5-9-18(12)11-14-13-7-3-4-8-15(13)19-16(14)10-17-2/h3-4,7-8,12,17H,5-6,9-11H2,1-2H3. The van der Waals surface area contributed by atoms with Crippen molar-refractivity contribution >= 4 is 21.4 Å². The van der Waals surface area contributed by atoms with Gasteiger partial charge in [0.15, 0.2) is 0 Å². The first-order chi connectivity index (χ1) is 9.29. The van der Waals surface area contributed by atoms with Crippen molar-refractivity contribution in [2.45, 2.75) is 38.9 Å². The molecule has 2 nitrogen and oxygen atoms in total. The summed E-state index contributed by atoms with van der Waals surface area (Å²) in [6.45, 7) is 5.71. The summed E-state index contributed by atoms with van der Waals surface area (Å²) in [6.07, 6.45) is 2.70. The fraction of sp³-hybridized carbons (Fsp3) is 0.500. The lowest BCUT2D eigenvalue weighted by molar-refractivity contribution is 0.261. The van der Waals surface area contributed by atoms with E-state index in [1.165, 1.54) is 34.3 Å². The molecule has 2 heterocycles. The molecule has 1 saturated heterocycles. The van der Waals surface area contributed by atoms with E-state index >= 15 is 0 Å². The van der Waals surface area contributed by atoms with Crippen LogP contribution in [0.3, 0.4) is 0 Å². The largest absolute Gasteiger partial charge is 0.315 e. The van der Waals surface area contributed by atoms with E-state index in [1.807, 2.05) is 18.4 Å². The minimum atomic E-state index is 0.737. The van der Waals surface area contributed by atoms with Crippen LogP contribution in [0.1, 0.15) is 30.2 Å². The Morgan fingerprint density at radius 2 is 2.21 bits per heavy atom. The van der Waals surface area contributed by atoms with Gasteiger partial charge in [-0.2, -0.15) is 0 Å². The van der Waals surface area contributed by atoms with Crippen molar-refractivity contribution in [2.75, 3.05) is 13.6 Å². The summed E-state index contributed by atoms with van der Waals surface area (Å²) in [6, 6.07) is 9.57. The van der Waals surface area contributed by atoms with Crippen molar-refractivity contribution in [1.82, 2.24) is 10.2 Å². The van der Waals surface area contributed by atoms with Gasteiger partial charge in [-0.1, -0.05) is 18.2 Å². The molecule has 0 amide bonds. The van der Waals surface area contributed by atoms with Crippen molar-refractivity contribution in [3.05, 3.63) is 34.7 Å². The van der Waals surface area contributed by atoms with Gasteiger partial charge in [-0.25, -0.2) is 0 Å². The van der Waals surface area contributed by atoms with Crippen LogP contribution in [-0.4, -0.2) is 24.5 Å². The maximum absolute atomic E-state index is 3.31. The van der Waals surface area contributed by atoms with Gasteiger partial charge in [0.1, 0.15) is 0 Å².